The first-order valence-electron chi connectivity index (χ1n) is 4.78. The zero-order valence-electron chi connectivity index (χ0n) is 8.96. The van der Waals surface area contributed by atoms with Crippen molar-refractivity contribution in [2.24, 2.45) is 5.16 Å². The minimum atomic E-state index is 0.546. The number of halogens is 1. The SMILES string of the molecule is C=C/C(=N\OCC)c1ccc(Cl)c(C)c1. The van der Waals surface area contributed by atoms with Gasteiger partial charge < -0.3 is 4.84 Å². The lowest BCUT2D eigenvalue weighted by Gasteiger charge is -2.04. The van der Waals surface area contributed by atoms with E-state index in [4.69, 9.17) is 16.4 Å². The molecule has 0 aliphatic rings. The van der Waals surface area contributed by atoms with Crippen LogP contribution in [-0.2, 0) is 4.84 Å². The van der Waals surface area contributed by atoms with Crippen molar-refractivity contribution in [2.75, 3.05) is 6.61 Å². The van der Waals surface area contributed by atoms with Gasteiger partial charge in [-0.2, -0.15) is 0 Å². The highest BCUT2D eigenvalue weighted by molar-refractivity contribution is 6.31. The highest BCUT2D eigenvalue weighted by atomic mass is 35.5. The normalized spacial score (nSPS) is 11.3. The average Bonchev–Trinajstić information content (AvgIpc) is 2.24. The van der Waals surface area contributed by atoms with Gasteiger partial charge in [-0.1, -0.05) is 29.4 Å². The van der Waals surface area contributed by atoms with Crippen LogP contribution in [0.4, 0.5) is 0 Å². The quantitative estimate of drug-likeness (QED) is 0.565. The molecular weight excluding hydrogens is 210 g/mol. The summed E-state index contributed by atoms with van der Waals surface area (Å²) < 4.78 is 0. The molecule has 0 heterocycles. The molecule has 0 amide bonds. The number of aryl methyl sites for hydroxylation is 1. The first-order valence-corrected chi connectivity index (χ1v) is 5.15. The summed E-state index contributed by atoms with van der Waals surface area (Å²) in [4.78, 5) is 4.99. The third-order valence-electron chi connectivity index (χ3n) is 1.94. The van der Waals surface area contributed by atoms with Crippen molar-refractivity contribution in [3.05, 3.63) is 47.0 Å². The molecule has 0 saturated heterocycles. The van der Waals surface area contributed by atoms with Crippen molar-refractivity contribution in [2.45, 2.75) is 13.8 Å². The first-order chi connectivity index (χ1) is 7.19. The van der Waals surface area contributed by atoms with Crippen LogP contribution in [-0.4, -0.2) is 12.3 Å². The molecule has 0 spiro atoms. The molecule has 1 rings (SSSR count). The van der Waals surface area contributed by atoms with Crippen molar-refractivity contribution in [1.82, 2.24) is 0 Å². The van der Waals surface area contributed by atoms with E-state index in [2.05, 4.69) is 11.7 Å². The standard InChI is InChI=1S/C12H14ClNO/c1-4-12(14-15-5-2)10-6-7-11(13)9(3)8-10/h4,6-8H,1,5H2,2-3H3/b14-12+. The van der Waals surface area contributed by atoms with Crippen molar-refractivity contribution in [3.8, 4) is 0 Å². The lowest BCUT2D eigenvalue weighted by molar-refractivity contribution is 0.159. The van der Waals surface area contributed by atoms with Gasteiger partial charge in [0.1, 0.15) is 12.3 Å². The second kappa shape index (κ2) is 5.56. The van der Waals surface area contributed by atoms with Crippen LogP contribution >= 0.6 is 11.6 Å². The molecule has 0 fully saturated rings. The predicted molar refractivity (Wildman–Crippen MR) is 64.5 cm³/mol. The number of nitrogens with zero attached hydrogens (tertiary/aromatic N) is 1. The molecule has 0 aliphatic carbocycles. The summed E-state index contributed by atoms with van der Waals surface area (Å²) in [6.45, 7) is 8.08. The number of oxime groups is 1. The van der Waals surface area contributed by atoms with E-state index in [9.17, 15) is 0 Å². The van der Waals surface area contributed by atoms with E-state index >= 15 is 0 Å². The molecule has 3 heteroatoms. The fourth-order valence-electron chi connectivity index (χ4n) is 1.15. The summed E-state index contributed by atoms with van der Waals surface area (Å²) in [5.41, 5.74) is 2.69. The van der Waals surface area contributed by atoms with E-state index in [0.29, 0.717) is 6.61 Å². The second-order valence-electron chi connectivity index (χ2n) is 3.06. The van der Waals surface area contributed by atoms with Gasteiger partial charge in [0.25, 0.3) is 0 Å². The van der Waals surface area contributed by atoms with Crippen molar-refractivity contribution in [1.29, 1.82) is 0 Å². The lowest BCUT2D eigenvalue weighted by atomic mass is 10.1. The fraction of sp³-hybridized carbons (Fsp3) is 0.250. The summed E-state index contributed by atoms with van der Waals surface area (Å²) >= 11 is 5.94. The van der Waals surface area contributed by atoms with Gasteiger partial charge in [-0.05, 0) is 37.6 Å². The Bertz CT molecular complexity index is 385. The molecule has 1 aromatic rings. The Balaban J connectivity index is 3.02. The van der Waals surface area contributed by atoms with E-state index in [-0.39, 0.29) is 0 Å². The van der Waals surface area contributed by atoms with Gasteiger partial charge in [0.05, 0.1) is 0 Å². The van der Waals surface area contributed by atoms with Gasteiger partial charge in [0, 0.05) is 10.6 Å². The number of allylic oxidation sites excluding steroid dienone is 1. The van der Waals surface area contributed by atoms with Crippen molar-refractivity contribution >= 4 is 17.3 Å². The van der Waals surface area contributed by atoms with Crippen molar-refractivity contribution in [3.63, 3.8) is 0 Å². The van der Waals surface area contributed by atoms with Crippen LogP contribution in [0.5, 0.6) is 0 Å². The molecule has 0 aromatic heterocycles. The molecular formula is C12H14ClNO. The minimum Gasteiger partial charge on any atom is -0.396 e. The molecule has 1 aromatic carbocycles. The van der Waals surface area contributed by atoms with E-state index in [1.54, 1.807) is 6.08 Å². The van der Waals surface area contributed by atoms with E-state index in [1.165, 1.54) is 0 Å². The maximum atomic E-state index is 5.94. The Morgan fingerprint density at radius 2 is 2.33 bits per heavy atom. The molecule has 0 aliphatic heterocycles. The van der Waals surface area contributed by atoms with Crippen LogP contribution in [0.3, 0.4) is 0 Å². The molecule has 0 N–H and O–H groups in total. The van der Waals surface area contributed by atoms with Gasteiger partial charge in [0.2, 0.25) is 0 Å². The minimum absolute atomic E-state index is 0.546. The average molecular weight is 224 g/mol. The number of benzene rings is 1. The molecule has 15 heavy (non-hydrogen) atoms. The topological polar surface area (TPSA) is 21.6 Å². The van der Waals surface area contributed by atoms with E-state index in [0.717, 1.165) is 21.9 Å². The zero-order valence-corrected chi connectivity index (χ0v) is 9.71. The molecule has 2 nitrogen and oxygen atoms in total. The van der Waals surface area contributed by atoms with Crippen LogP contribution in [0.25, 0.3) is 0 Å². The molecule has 0 radical (unpaired) electrons. The number of hydrogen-bond acceptors (Lipinski definition) is 2. The molecule has 0 bridgehead atoms. The summed E-state index contributed by atoms with van der Waals surface area (Å²) in [7, 11) is 0. The van der Waals surface area contributed by atoms with Crippen LogP contribution in [0.15, 0.2) is 36.0 Å². The second-order valence-corrected chi connectivity index (χ2v) is 3.47. The van der Waals surface area contributed by atoms with Crippen LogP contribution in [0.2, 0.25) is 5.02 Å². The molecule has 0 saturated carbocycles. The highest BCUT2D eigenvalue weighted by Crippen LogP contribution is 2.17. The largest absolute Gasteiger partial charge is 0.396 e. The molecule has 80 valence electrons. The first kappa shape index (κ1) is 11.8. The zero-order chi connectivity index (χ0) is 11.3. The van der Waals surface area contributed by atoms with E-state index in [1.807, 2.05) is 32.0 Å². The summed E-state index contributed by atoms with van der Waals surface area (Å²) in [5, 5.41) is 4.71. The Morgan fingerprint density at radius 3 is 2.87 bits per heavy atom. The predicted octanol–water partition coefficient (Wildman–Crippen LogP) is 3.58. The van der Waals surface area contributed by atoms with Gasteiger partial charge in [0.15, 0.2) is 0 Å². The Hall–Kier alpha value is -1.28. The highest BCUT2D eigenvalue weighted by Gasteiger charge is 2.02. The maximum absolute atomic E-state index is 5.94. The summed E-state index contributed by atoms with van der Waals surface area (Å²) in [5.74, 6) is 0. The number of hydrogen-bond donors (Lipinski definition) is 0. The van der Waals surface area contributed by atoms with Gasteiger partial charge >= 0.3 is 0 Å². The van der Waals surface area contributed by atoms with E-state index < -0.39 is 0 Å². The third kappa shape index (κ3) is 3.10. The third-order valence-corrected chi connectivity index (χ3v) is 2.36. The Labute approximate surface area is 95.2 Å². The van der Waals surface area contributed by atoms with Crippen LogP contribution < -0.4 is 0 Å². The summed E-state index contributed by atoms with van der Waals surface area (Å²) in [6, 6.07) is 5.70. The number of rotatable bonds is 4. The van der Waals surface area contributed by atoms with Crippen LogP contribution in [0, 0.1) is 6.92 Å². The fourth-order valence-corrected chi connectivity index (χ4v) is 1.26. The molecule has 0 atom stereocenters. The molecule has 0 unspecified atom stereocenters. The van der Waals surface area contributed by atoms with Crippen molar-refractivity contribution < 1.29 is 4.84 Å². The van der Waals surface area contributed by atoms with Gasteiger partial charge in [-0.25, -0.2) is 0 Å². The van der Waals surface area contributed by atoms with Gasteiger partial charge in [-0.15, -0.1) is 0 Å². The van der Waals surface area contributed by atoms with Crippen LogP contribution in [0.1, 0.15) is 18.1 Å². The Morgan fingerprint density at radius 1 is 1.60 bits per heavy atom. The maximum Gasteiger partial charge on any atom is 0.114 e. The smallest absolute Gasteiger partial charge is 0.114 e. The monoisotopic (exact) mass is 223 g/mol. The lowest BCUT2D eigenvalue weighted by Crippen LogP contribution is -1.98. The van der Waals surface area contributed by atoms with Gasteiger partial charge in [-0.3, -0.25) is 0 Å². The Kier molecular flexibility index (Phi) is 4.37. The summed E-state index contributed by atoms with van der Waals surface area (Å²) in [6.07, 6.45) is 1.67.